The Balaban J connectivity index is 1.87. The van der Waals surface area contributed by atoms with Crippen molar-refractivity contribution in [1.82, 2.24) is 5.16 Å². The molecule has 0 saturated carbocycles. The lowest BCUT2D eigenvalue weighted by molar-refractivity contribution is -0.132. The molecule has 1 unspecified atom stereocenters. The summed E-state index contributed by atoms with van der Waals surface area (Å²) in [6.07, 6.45) is -0.00579. The fourth-order valence-corrected chi connectivity index (χ4v) is 3.78. The molecule has 8 heteroatoms. The van der Waals surface area contributed by atoms with E-state index < -0.39 is 17.7 Å². The molecule has 4 rings (SSSR count). The Labute approximate surface area is 191 Å². The van der Waals surface area contributed by atoms with Crippen LogP contribution in [0.4, 0.5) is 5.82 Å². The predicted molar refractivity (Wildman–Crippen MR) is 121 cm³/mol. The number of carbonyl (C=O) groups is 2. The minimum atomic E-state index is -0.920. The average molecular weight is 448 g/mol. The van der Waals surface area contributed by atoms with Crippen LogP contribution in [0.1, 0.15) is 36.8 Å². The van der Waals surface area contributed by atoms with Crippen LogP contribution in [0, 0.1) is 6.92 Å². The van der Waals surface area contributed by atoms with Crippen molar-refractivity contribution in [3.05, 3.63) is 77.1 Å². The second-order valence-electron chi connectivity index (χ2n) is 7.93. The predicted octanol–water partition coefficient (Wildman–Crippen LogP) is 4.41. The highest BCUT2D eigenvalue weighted by molar-refractivity contribution is 6.51. The number of hydrogen-bond acceptors (Lipinski definition) is 7. The molecule has 2 heterocycles. The molecule has 0 radical (unpaired) electrons. The molecule has 33 heavy (non-hydrogen) atoms. The third-order valence-corrected chi connectivity index (χ3v) is 5.22. The van der Waals surface area contributed by atoms with Crippen LogP contribution in [0.3, 0.4) is 0 Å². The number of hydrogen-bond donors (Lipinski definition) is 1. The van der Waals surface area contributed by atoms with Gasteiger partial charge in [-0.05, 0) is 62.7 Å². The maximum absolute atomic E-state index is 13.1. The molecular formula is C25H24N2O6. The standard InChI is InChI=1S/C25H24N2O6/c1-14(2)32-18-10-8-16(9-11-18)23(28)21-22(17-6-5-7-19(13-17)31-4)27(25(30)24(21)29)20-12-15(3)33-26-20/h5-14,22,28H,1-4H3/b23-21+. The molecule has 1 N–H and O–H groups in total. The second kappa shape index (κ2) is 8.82. The molecule has 3 aromatic rings. The van der Waals surface area contributed by atoms with Gasteiger partial charge in [0.15, 0.2) is 5.82 Å². The molecule has 1 aliphatic rings. The van der Waals surface area contributed by atoms with Crippen LogP contribution in [-0.4, -0.2) is 35.2 Å². The van der Waals surface area contributed by atoms with Crippen molar-refractivity contribution in [3.8, 4) is 11.5 Å². The van der Waals surface area contributed by atoms with Gasteiger partial charge in [-0.2, -0.15) is 0 Å². The zero-order valence-corrected chi connectivity index (χ0v) is 18.7. The lowest BCUT2D eigenvalue weighted by Crippen LogP contribution is -2.29. The number of nitrogens with zero attached hydrogens (tertiary/aromatic N) is 2. The van der Waals surface area contributed by atoms with E-state index in [1.807, 2.05) is 13.8 Å². The largest absolute Gasteiger partial charge is 0.507 e. The van der Waals surface area contributed by atoms with Crippen molar-refractivity contribution in [1.29, 1.82) is 0 Å². The third-order valence-electron chi connectivity index (χ3n) is 5.22. The topological polar surface area (TPSA) is 102 Å². The molecule has 2 aromatic carbocycles. The van der Waals surface area contributed by atoms with Crippen molar-refractivity contribution in [2.24, 2.45) is 0 Å². The number of amides is 1. The molecule has 0 bridgehead atoms. The summed E-state index contributed by atoms with van der Waals surface area (Å²) >= 11 is 0. The van der Waals surface area contributed by atoms with E-state index in [0.29, 0.717) is 28.4 Å². The van der Waals surface area contributed by atoms with E-state index in [1.165, 1.54) is 12.0 Å². The number of benzene rings is 2. The number of aromatic nitrogens is 1. The summed E-state index contributed by atoms with van der Waals surface area (Å²) in [5.74, 6) is -0.0749. The molecule has 1 atom stereocenters. The maximum Gasteiger partial charge on any atom is 0.301 e. The SMILES string of the molecule is COc1cccc(C2/C(=C(\O)c3ccc(OC(C)C)cc3)C(=O)C(=O)N2c2cc(C)on2)c1. The van der Waals surface area contributed by atoms with Gasteiger partial charge in [0.05, 0.1) is 24.8 Å². The quantitative estimate of drug-likeness (QED) is 0.339. The van der Waals surface area contributed by atoms with Crippen LogP contribution < -0.4 is 14.4 Å². The van der Waals surface area contributed by atoms with E-state index in [1.54, 1.807) is 61.5 Å². The van der Waals surface area contributed by atoms with E-state index in [-0.39, 0.29) is 23.3 Å². The number of carbonyl (C=O) groups excluding carboxylic acids is 2. The van der Waals surface area contributed by atoms with Crippen molar-refractivity contribution in [2.75, 3.05) is 12.0 Å². The fourth-order valence-electron chi connectivity index (χ4n) is 3.78. The number of aliphatic hydroxyl groups excluding tert-OH is 1. The molecule has 8 nitrogen and oxygen atoms in total. The van der Waals surface area contributed by atoms with E-state index in [4.69, 9.17) is 14.0 Å². The van der Waals surface area contributed by atoms with Crippen LogP contribution in [0.2, 0.25) is 0 Å². The first-order valence-electron chi connectivity index (χ1n) is 10.5. The van der Waals surface area contributed by atoms with Gasteiger partial charge >= 0.3 is 5.91 Å². The van der Waals surface area contributed by atoms with Crippen molar-refractivity contribution in [2.45, 2.75) is 32.9 Å². The lowest BCUT2D eigenvalue weighted by atomic mass is 9.95. The maximum atomic E-state index is 13.1. The monoisotopic (exact) mass is 448 g/mol. The summed E-state index contributed by atoms with van der Waals surface area (Å²) < 4.78 is 16.1. The van der Waals surface area contributed by atoms with Gasteiger partial charge in [0, 0.05) is 11.6 Å². The average Bonchev–Trinajstić information content (AvgIpc) is 3.34. The van der Waals surface area contributed by atoms with Crippen molar-refractivity contribution >= 4 is 23.3 Å². The molecule has 1 fully saturated rings. The molecule has 170 valence electrons. The van der Waals surface area contributed by atoms with Crippen LogP contribution in [0.5, 0.6) is 11.5 Å². The Hall–Kier alpha value is -4.07. The summed E-state index contributed by atoms with van der Waals surface area (Å²) in [5, 5.41) is 15.1. The second-order valence-corrected chi connectivity index (χ2v) is 7.93. The molecule has 0 aliphatic carbocycles. The molecular weight excluding hydrogens is 424 g/mol. The van der Waals surface area contributed by atoms with Gasteiger partial charge in [-0.1, -0.05) is 17.3 Å². The highest BCUT2D eigenvalue weighted by atomic mass is 16.5. The number of ketones is 1. The molecule has 1 aromatic heterocycles. The number of aryl methyl sites for hydroxylation is 1. The number of rotatable bonds is 6. The number of Topliss-reactive ketones (excluding diaryl/α,β-unsaturated/α-hetero) is 1. The summed E-state index contributed by atoms with van der Waals surface area (Å²) in [7, 11) is 1.53. The van der Waals surface area contributed by atoms with Gasteiger partial charge in [-0.25, -0.2) is 0 Å². The molecule has 1 saturated heterocycles. The van der Waals surface area contributed by atoms with Crippen LogP contribution in [0.25, 0.3) is 5.76 Å². The Morgan fingerprint density at radius 3 is 2.42 bits per heavy atom. The Morgan fingerprint density at radius 2 is 1.82 bits per heavy atom. The Kier molecular flexibility index (Phi) is 5.91. The first-order valence-corrected chi connectivity index (χ1v) is 10.5. The van der Waals surface area contributed by atoms with Gasteiger partial charge in [-0.3, -0.25) is 14.5 Å². The van der Waals surface area contributed by atoms with Crippen LogP contribution in [0.15, 0.2) is 64.7 Å². The Bertz CT molecular complexity index is 1230. The minimum absolute atomic E-state index is 0.00579. The highest BCUT2D eigenvalue weighted by Crippen LogP contribution is 2.42. The lowest BCUT2D eigenvalue weighted by Gasteiger charge is -2.23. The molecule has 1 amide bonds. The van der Waals surface area contributed by atoms with Gasteiger partial charge in [0.2, 0.25) is 0 Å². The van der Waals surface area contributed by atoms with Crippen LogP contribution >= 0.6 is 0 Å². The smallest absolute Gasteiger partial charge is 0.301 e. The first-order chi connectivity index (χ1) is 15.8. The van der Waals surface area contributed by atoms with Gasteiger partial charge in [-0.15, -0.1) is 0 Å². The normalized spacial score (nSPS) is 17.6. The molecule has 1 aliphatic heterocycles. The zero-order chi connectivity index (χ0) is 23.7. The number of methoxy groups -OCH3 is 1. The first kappa shape index (κ1) is 22.1. The minimum Gasteiger partial charge on any atom is -0.507 e. The van der Waals surface area contributed by atoms with Crippen molar-refractivity contribution in [3.63, 3.8) is 0 Å². The fraction of sp³-hybridized carbons (Fsp3) is 0.240. The number of aliphatic hydroxyl groups is 1. The summed E-state index contributed by atoms with van der Waals surface area (Å²) in [4.78, 5) is 27.4. The number of ether oxygens (including phenoxy) is 2. The zero-order valence-electron chi connectivity index (χ0n) is 18.7. The number of anilines is 1. The highest BCUT2D eigenvalue weighted by Gasteiger charge is 2.48. The van der Waals surface area contributed by atoms with E-state index in [0.717, 1.165) is 0 Å². The van der Waals surface area contributed by atoms with Gasteiger partial charge in [0.1, 0.15) is 23.0 Å². The van der Waals surface area contributed by atoms with E-state index >= 15 is 0 Å². The van der Waals surface area contributed by atoms with E-state index in [2.05, 4.69) is 5.16 Å². The molecule has 0 spiro atoms. The van der Waals surface area contributed by atoms with Crippen molar-refractivity contribution < 1.29 is 28.7 Å². The van der Waals surface area contributed by atoms with Gasteiger partial charge < -0.3 is 19.1 Å². The summed E-state index contributed by atoms with van der Waals surface area (Å²) in [6.45, 7) is 5.51. The summed E-state index contributed by atoms with van der Waals surface area (Å²) in [5.41, 5.74) is 0.912. The Morgan fingerprint density at radius 1 is 1.09 bits per heavy atom. The third kappa shape index (κ3) is 4.19. The summed E-state index contributed by atoms with van der Waals surface area (Å²) in [6, 6.07) is 14.3. The van der Waals surface area contributed by atoms with Gasteiger partial charge in [0.25, 0.3) is 5.78 Å². The van der Waals surface area contributed by atoms with Crippen LogP contribution in [-0.2, 0) is 9.59 Å². The van der Waals surface area contributed by atoms with E-state index in [9.17, 15) is 14.7 Å².